The van der Waals surface area contributed by atoms with Crippen LogP contribution in [0, 0.1) is 52.3 Å². The van der Waals surface area contributed by atoms with Gasteiger partial charge in [0.1, 0.15) is 0 Å². The van der Waals surface area contributed by atoms with Gasteiger partial charge in [0.25, 0.3) is 0 Å². The summed E-state index contributed by atoms with van der Waals surface area (Å²) in [5.41, 5.74) is 6.68. The summed E-state index contributed by atoms with van der Waals surface area (Å²) >= 11 is 0. The fraction of sp³-hybridized carbons (Fsp3) is 1.00. The normalized spacial score (nSPS) is 42.3. The highest BCUT2D eigenvalue weighted by Gasteiger charge is 2.62. The number of nitrogens with one attached hydrogen (secondary N) is 1. The van der Waals surface area contributed by atoms with E-state index in [0.29, 0.717) is 22.8 Å². The highest BCUT2D eigenvalue weighted by atomic mass is 16.3. The van der Waals surface area contributed by atoms with Gasteiger partial charge in [-0.25, -0.2) is 0 Å². The van der Waals surface area contributed by atoms with E-state index >= 15 is 0 Å². The monoisotopic (exact) mass is 517 g/mol. The van der Waals surface area contributed by atoms with E-state index in [0.717, 1.165) is 54.9 Å². The molecule has 0 amide bonds. The lowest BCUT2D eigenvalue weighted by atomic mass is 9.43. The molecule has 4 aliphatic carbocycles. The van der Waals surface area contributed by atoms with Gasteiger partial charge in [-0.2, -0.15) is 0 Å². The molecule has 0 radical (unpaired) electrons. The first-order chi connectivity index (χ1) is 17.7. The molecule has 10 atom stereocenters. The molecule has 4 fully saturated rings. The van der Waals surface area contributed by atoms with Crippen molar-refractivity contribution in [1.82, 2.24) is 5.32 Å². The van der Waals surface area contributed by atoms with Gasteiger partial charge in [-0.1, -0.05) is 73.1 Å². The molecule has 0 heterocycles. The highest BCUT2D eigenvalue weighted by Crippen LogP contribution is 2.68. The van der Waals surface area contributed by atoms with Crippen LogP contribution in [0.1, 0.15) is 137 Å². The van der Waals surface area contributed by atoms with Crippen molar-refractivity contribution in [3.05, 3.63) is 0 Å². The van der Waals surface area contributed by atoms with Crippen LogP contribution in [0.3, 0.4) is 0 Å². The minimum Gasteiger partial charge on any atom is -0.393 e. The second kappa shape index (κ2) is 13.0. The largest absolute Gasteiger partial charge is 0.393 e. The number of unbranched alkanes of at least 4 members (excludes halogenated alkanes) is 4. The van der Waals surface area contributed by atoms with Crippen molar-refractivity contribution in [1.29, 1.82) is 0 Å². The van der Waals surface area contributed by atoms with Gasteiger partial charge >= 0.3 is 0 Å². The van der Waals surface area contributed by atoms with Crippen molar-refractivity contribution in [2.45, 2.75) is 149 Å². The van der Waals surface area contributed by atoms with E-state index in [-0.39, 0.29) is 6.10 Å². The van der Waals surface area contributed by atoms with Crippen molar-refractivity contribution in [2.24, 2.45) is 58.0 Å². The van der Waals surface area contributed by atoms with E-state index in [1.54, 1.807) is 0 Å². The maximum Gasteiger partial charge on any atom is 0.0543 e. The smallest absolute Gasteiger partial charge is 0.0543 e. The molecule has 0 spiro atoms. The molecule has 216 valence electrons. The van der Waals surface area contributed by atoms with Gasteiger partial charge in [0.05, 0.1) is 6.10 Å². The van der Waals surface area contributed by atoms with Gasteiger partial charge in [-0.15, -0.1) is 0 Å². The topological polar surface area (TPSA) is 58.3 Å². The Bertz CT molecular complexity index is 695. The molecular weight excluding hydrogens is 452 g/mol. The predicted molar refractivity (Wildman–Crippen MR) is 158 cm³/mol. The Balaban J connectivity index is 1.47. The van der Waals surface area contributed by atoms with E-state index in [2.05, 4.69) is 39.9 Å². The predicted octanol–water partition coefficient (Wildman–Crippen LogP) is 7.95. The molecule has 3 heteroatoms. The lowest BCUT2D eigenvalue weighted by Gasteiger charge is -2.63. The highest BCUT2D eigenvalue weighted by molar-refractivity contribution is 5.13. The van der Waals surface area contributed by atoms with Crippen LogP contribution in [0.25, 0.3) is 0 Å². The molecular formula is C34H64N2O. The number of nitrogens with two attached hydrogens (primary N) is 1. The summed E-state index contributed by atoms with van der Waals surface area (Å²) < 4.78 is 0. The summed E-state index contributed by atoms with van der Waals surface area (Å²) in [5.74, 6) is 5.95. The molecule has 3 nitrogen and oxygen atoms in total. The summed E-state index contributed by atoms with van der Waals surface area (Å²) in [6.45, 7) is 14.8. The van der Waals surface area contributed by atoms with E-state index in [1.807, 2.05) is 0 Å². The zero-order chi connectivity index (χ0) is 26.6. The molecule has 4 N–H and O–H groups in total. The van der Waals surface area contributed by atoms with Crippen LogP contribution in [0.2, 0.25) is 0 Å². The Labute approximate surface area is 230 Å². The zero-order valence-corrected chi connectivity index (χ0v) is 25.4. The Hall–Kier alpha value is -0.120. The van der Waals surface area contributed by atoms with Gasteiger partial charge in [-0.05, 0) is 130 Å². The molecule has 0 aromatic rings. The maximum absolute atomic E-state index is 10.6. The van der Waals surface area contributed by atoms with Gasteiger partial charge in [0, 0.05) is 6.04 Å². The van der Waals surface area contributed by atoms with Crippen LogP contribution in [0.15, 0.2) is 0 Å². The summed E-state index contributed by atoms with van der Waals surface area (Å²) in [4.78, 5) is 0. The van der Waals surface area contributed by atoms with E-state index in [9.17, 15) is 5.11 Å². The maximum atomic E-state index is 10.6. The number of rotatable bonds is 13. The summed E-state index contributed by atoms with van der Waals surface area (Å²) in [7, 11) is 0. The first-order valence-electron chi connectivity index (χ1n) is 16.8. The van der Waals surface area contributed by atoms with Crippen LogP contribution < -0.4 is 11.1 Å². The summed E-state index contributed by atoms with van der Waals surface area (Å²) in [6.07, 6.45) is 21.1. The first kappa shape index (κ1) is 29.9. The Morgan fingerprint density at radius 3 is 2.27 bits per heavy atom. The number of aliphatic hydroxyl groups is 1. The van der Waals surface area contributed by atoms with Crippen LogP contribution in [-0.2, 0) is 0 Å². The average molecular weight is 517 g/mol. The van der Waals surface area contributed by atoms with E-state index < -0.39 is 0 Å². The SMILES string of the molecule is CC(C)CCC[C@@H](C)[C@H]1CC[C@H]2[C@@H]3[C@@H](NCCCCCCCN)C[C@H]4C[C@@H](O)CC[C@]4(C)[C@H]3CC[C@]12C. The third-order valence-electron chi connectivity index (χ3n) is 12.7. The first-order valence-corrected chi connectivity index (χ1v) is 16.8. The molecule has 4 rings (SSSR count). The minimum atomic E-state index is -0.0609. The van der Waals surface area contributed by atoms with Crippen LogP contribution in [0.4, 0.5) is 0 Å². The standard InChI is InChI=1S/C34H64N2O/c1-24(2)12-11-13-25(3)28-14-15-29-32-30(17-19-34(28,29)5)33(4)18-16-27(37)22-26(33)23-31(32)36-21-10-8-6-7-9-20-35/h24-32,36-37H,6-23,35H2,1-5H3/t25-,26-,27+,28-,29+,30+,31+,32+,33+,34-/m1/s1. The van der Waals surface area contributed by atoms with Crippen molar-refractivity contribution in [3.8, 4) is 0 Å². The Morgan fingerprint density at radius 2 is 1.51 bits per heavy atom. The van der Waals surface area contributed by atoms with Gasteiger partial charge < -0.3 is 16.2 Å². The van der Waals surface area contributed by atoms with Crippen molar-refractivity contribution in [3.63, 3.8) is 0 Å². The molecule has 0 aromatic heterocycles. The Kier molecular flexibility index (Phi) is 10.5. The number of aliphatic hydroxyl groups excluding tert-OH is 1. The molecule has 0 saturated heterocycles. The lowest BCUT2D eigenvalue weighted by molar-refractivity contribution is -0.142. The molecule has 0 unspecified atom stereocenters. The number of fused-ring (bicyclic) bond motifs is 5. The lowest BCUT2D eigenvalue weighted by Crippen LogP contribution is -2.61. The quantitative estimate of drug-likeness (QED) is 0.218. The average Bonchev–Trinajstić information content (AvgIpc) is 3.21. The fourth-order valence-corrected chi connectivity index (χ4v) is 10.6. The zero-order valence-electron chi connectivity index (χ0n) is 25.4. The number of hydrogen-bond donors (Lipinski definition) is 3. The molecule has 0 bridgehead atoms. The van der Waals surface area contributed by atoms with Crippen LogP contribution in [0.5, 0.6) is 0 Å². The van der Waals surface area contributed by atoms with Gasteiger partial charge in [0.15, 0.2) is 0 Å². The van der Waals surface area contributed by atoms with E-state index in [1.165, 1.54) is 96.4 Å². The minimum absolute atomic E-state index is 0.0609. The van der Waals surface area contributed by atoms with Crippen molar-refractivity contribution in [2.75, 3.05) is 13.1 Å². The van der Waals surface area contributed by atoms with Crippen LogP contribution in [-0.4, -0.2) is 30.3 Å². The van der Waals surface area contributed by atoms with Gasteiger partial charge in [-0.3, -0.25) is 0 Å². The molecule has 0 aliphatic heterocycles. The van der Waals surface area contributed by atoms with E-state index in [4.69, 9.17) is 5.73 Å². The number of hydrogen-bond acceptors (Lipinski definition) is 3. The van der Waals surface area contributed by atoms with Crippen molar-refractivity contribution >= 4 is 0 Å². The molecule has 4 aliphatic rings. The third kappa shape index (κ3) is 6.45. The molecule has 4 saturated carbocycles. The summed E-state index contributed by atoms with van der Waals surface area (Å²) in [5, 5.41) is 14.8. The third-order valence-corrected chi connectivity index (χ3v) is 12.7. The fourth-order valence-electron chi connectivity index (χ4n) is 10.6. The second-order valence-electron chi connectivity index (χ2n) is 15.3. The molecule has 0 aromatic carbocycles. The summed E-state index contributed by atoms with van der Waals surface area (Å²) in [6, 6.07) is 0.664. The van der Waals surface area contributed by atoms with Gasteiger partial charge in [0.2, 0.25) is 0 Å². The molecule has 37 heavy (non-hydrogen) atoms. The second-order valence-corrected chi connectivity index (χ2v) is 15.3. The van der Waals surface area contributed by atoms with Crippen molar-refractivity contribution < 1.29 is 5.11 Å². The van der Waals surface area contributed by atoms with Crippen LogP contribution >= 0.6 is 0 Å². The Morgan fingerprint density at radius 1 is 0.811 bits per heavy atom.